The number of hydrogen-bond donors (Lipinski definition) is 2. The second-order valence-corrected chi connectivity index (χ2v) is 9.40. The molecule has 1 atom stereocenters. The Morgan fingerprint density at radius 2 is 1.53 bits per heavy atom. The molecule has 1 amide bonds. The molecule has 172 valence electrons. The summed E-state index contributed by atoms with van der Waals surface area (Å²) in [5.41, 5.74) is 2.56. The highest BCUT2D eigenvalue weighted by Gasteiger charge is 2.47. The van der Waals surface area contributed by atoms with E-state index in [1.807, 2.05) is 24.3 Å². The summed E-state index contributed by atoms with van der Waals surface area (Å²) in [6.45, 7) is 2.00. The van der Waals surface area contributed by atoms with Crippen LogP contribution in [-0.4, -0.2) is 35.0 Å². The predicted molar refractivity (Wildman–Crippen MR) is 135 cm³/mol. The highest BCUT2D eigenvalue weighted by Crippen LogP contribution is 2.43. The number of phenols is 1. The molecule has 3 aromatic rings. The third kappa shape index (κ3) is 3.96. The van der Waals surface area contributed by atoms with E-state index in [1.54, 1.807) is 36.4 Å². The fourth-order valence-corrected chi connectivity index (χ4v) is 4.94. The number of anilines is 2. The van der Waals surface area contributed by atoms with Crippen molar-refractivity contribution in [3.8, 4) is 5.75 Å². The summed E-state index contributed by atoms with van der Waals surface area (Å²) in [5.74, 6) is -1.73. The number of aliphatic hydroxyl groups is 1. The van der Waals surface area contributed by atoms with E-state index in [1.165, 1.54) is 17.0 Å². The summed E-state index contributed by atoms with van der Waals surface area (Å²) in [4.78, 5) is 30.2. The number of phenolic OH excluding ortho intramolecular Hbond substituents is 1. The molecular formula is C27H23BrN2O4. The molecule has 2 fully saturated rings. The average molecular weight is 519 g/mol. The number of carbonyl (C=O) groups excluding carboxylic acids is 2. The molecule has 0 bridgehead atoms. The Bertz CT molecular complexity index is 1280. The molecule has 7 heteroatoms. The predicted octanol–water partition coefficient (Wildman–Crippen LogP) is 5.38. The first-order chi connectivity index (χ1) is 16.4. The van der Waals surface area contributed by atoms with Crippen molar-refractivity contribution >= 4 is 44.8 Å². The van der Waals surface area contributed by atoms with Crippen LogP contribution in [0, 0.1) is 0 Å². The molecular weight excluding hydrogens is 496 g/mol. The van der Waals surface area contributed by atoms with E-state index in [0.29, 0.717) is 16.8 Å². The molecule has 0 aliphatic carbocycles. The van der Waals surface area contributed by atoms with Crippen molar-refractivity contribution in [3.05, 3.63) is 94.0 Å². The molecule has 3 aromatic carbocycles. The summed E-state index contributed by atoms with van der Waals surface area (Å²) in [7, 11) is 0. The van der Waals surface area contributed by atoms with Crippen molar-refractivity contribution in [2.24, 2.45) is 0 Å². The number of rotatable bonds is 4. The highest BCUT2D eigenvalue weighted by molar-refractivity contribution is 9.10. The van der Waals surface area contributed by atoms with Gasteiger partial charge in [-0.05, 0) is 66.9 Å². The van der Waals surface area contributed by atoms with Gasteiger partial charge in [0.2, 0.25) is 0 Å². The zero-order chi connectivity index (χ0) is 23.8. The lowest BCUT2D eigenvalue weighted by molar-refractivity contribution is -0.132. The molecule has 0 radical (unpaired) electrons. The van der Waals surface area contributed by atoms with E-state index in [2.05, 4.69) is 20.8 Å². The first-order valence-corrected chi connectivity index (χ1v) is 11.9. The molecule has 2 N–H and O–H groups in total. The zero-order valence-corrected chi connectivity index (χ0v) is 19.9. The van der Waals surface area contributed by atoms with Gasteiger partial charge in [0.05, 0.1) is 11.6 Å². The largest absolute Gasteiger partial charge is 0.508 e. The lowest BCUT2D eigenvalue weighted by atomic mass is 9.95. The molecule has 6 nitrogen and oxygen atoms in total. The van der Waals surface area contributed by atoms with Gasteiger partial charge < -0.3 is 15.1 Å². The van der Waals surface area contributed by atoms with Crippen LogP contribution in [0.3, 0.4) is 0 Å². The van der Waals surface area contributed by atoms with Crippen molar-refractivity contribution in [1.29, 1.82) is 0 Å². The molecule has 0 aromatic heterocycles. The van der Waals surface area contributed by atoms with Gasteiger partial charge in [-0.25, -0.2) is 0 Å². The van der Waals surface area contributed by atoms with E-state index in [-0.39, 0.29) is 17.1 Å². The maximum absolute atomic E-state index is 13.3. The van der Waals surface area contributed by atoms with Crippen LogP contribution < -0.4 is 9.80 Å². The van der Waals surface area contributed by atoms with E-state index < -0.39 is 17.7 Å². The van der Waals surface area contributed by atoms with Gasteiger partial charge in [0.25, 0.3) is 11.7 Å². The van der Waals surface area contributed by atoms with E-state index in [0.717, 1.165) is 36.1 Å². The van der Waals surface area contributed by atoms with E-state index >= 15 is 0 Å². The van der Waals surface area contributed by atoms with Crippen molar-refractivity contribution in [2.75, 3.05) is 22.9 Å². The minimum absolute atomic E-state index is 0.0103. The first-order valence-electron chi connectivity index (χ1n) is 11.1. The van der Waals surface area contributed by atoms with Crippen LogP contribution in [0.15, 0.2) is 82.8 Å². The third-order valence-corrected chi connectivity index (χ3v) is 6.88. The molecule has 2 aliphatic rings. The van der Waals surface area contributed by atoms with Gasteiger partial charge in [0.15, 0.2) is 0 Å². The molecule has 2 aliphatic heterocycles. The van der Waals surface area contributed by atoms with Crippen LogP contribution in [-0.2, 0) is 9.59 Å². The van der Waals surface area contributed by atoms with E-state index in [4.69, 9.17) is 0 Å². The number of nitrogens with zero attached hydrogens (tertiary/aromatic N) is 2. The number of ketones is 1. The Hall–Kier alpha value is -3.58. The van der Waals surface area contributed by atoms with Crippen LogP contribution in [0.1, 0.15) is 30.0 Å². The maximum atomic E-state index is 13.3. The monoisotopic (exact) mass is 518 g/mol. The normalized spacial score (nSPS) is 19.7. The second kappa shape index (κ2) is 8.99. The summed E-state index contributed by atoms with van der Waals surface area (Å²) in [6.07, 6.45) is 2.31. The molecule has 0 saturated carbocycles. The van der Waals surface area contributed by atoms with Gasteiger partial charge in [0.1, 0.15) is 11.5 Å². The number of halogens is 1. The van der Waals surface area contributed by atoms with Gasteiger partial charge in [0, 0.05) is 34.5 Å². The molecule has 2 heterocycles. The fraction of sp³-hybridized carbons (Fsp3) is 0.185. The third-order valence-electron chi connectivity index (χ3n) is 6.35. The molecule has 2 saturated heterocycles. The first kappa shape index (κ1) is 22.2. The number of hydrogen-bond acceptors (Lipinski definition) is 5. The standard InChI is InChI=1S/C27H23BrN2O4/c28-19-8-6-17(7-9-19)25(32)23-24(18-4-3-5-22(31)16-18)30(27(34)26(23)33)21-12-10-20(11-13-21)29-14-1-2-15-29/h3-13,16,24,31-32H,1-2,14-15H2/b25-23+. The zero-order valence-electron chi connectivity index (χ0n) is 18.3. The minimum Gasteiger partial charge on any atom is -0.508 e. The molecule has 0 spiro atoms. The van der Waals surface area contributed by atoms with Crippen molar-refractivity contribution in [3.63, 3.8) is 0 Å². The highest BCUT2D eigenvalue weighted by atomic mass is 79.9. The molecule has 34 heavy (non-hydrogen) atoms. The van der Waals surface area contributed by atoms with E-state index in [9.17, 15) is 19.8 Å². The van der Waals surface area contributed by atoms with Crippen molar-refractivity contribution < 1.29 is 19.8 Å². The number of amides is 1. The summed E-state index contributed by atoms with van der Waals surface area (Å²) >= 11 is 3.37. The topological polar surface area (TPSA) is 81.1 Å². The van der Waals surface area contributed by atoms with Crippen molar-refractivity contribution in [2.45, 2.75) is 18.9 Å². The van der Waals surface area contributed by atoms with Gasteiger partial charge in [-0.3, -0.25) is 14.5 Å². The lowest BCUT2D eigenvalue weighted by Gasteiger charge is -2.26. The Labute approximate surface area is 205 Å². The molecule has 1 unspecified atom stereocenters. The van der Waals surface area contributed by atoms with Crippen molar-refractivity contribution in [1.82, 2.24) is 0 Å². The lowest BCUT2D eigenvalue weighted by Crippen LogP contribution is -2.29. The van der Waals surface area contributed by atoms with Crippen LogP contribution >= 0.6 is 15.9 Å². The SMILES string of the molecule is O=C1C(=O)N(c2ccc(N3CCCC3)cc2)C(c2cccc(O)c2)/C1=C(\O)c1ccc(Br)cc1. The minimum atomic E-state index is -0.881. The van der Waals surface area contributed by atoms with Crippen LogP contribution in [0.2, 0.25) is 0 Å². The van der Waals surface area contributed by atoms with Crippen LogP contribution in [0.4, 0.5) is 11.4 Å². The fourth-order valence-electron chi connectivity index (χ4n) is 4.67. The van der Waals surface area contributed by atoms with Gasteiger partial charge in [-0.2, -0.15) is 0 Å². The Morgan fingerprint density at radius 3 is 2.18 bits per heavy atom. The second-order valence-electron chi connectivity index (χ2n) is 8.48. The van der Waals surface area contributed by atoms with Gasteiger partial charge in [-0.15, -0.1) is 0 Å². The summed E-state index contributed by atoms with van der Waals surface area (Å²) in [5, 5.41) is 21.3. The summed E-state index contributed by atoms with van der Waals surface area (Å²) < 4.78 is 0.826. The number of Topliss-reactive ketones (excluding diaryl/α,β-unsaturated/α-hetero) is 1. The molecule has 5 rings (SSSR count). The smallest absolute Gasteiger partial charge is 0.300 e. The Balaban J connectivity index is 1.63. The summed E-state index contributed by atoms with van der Waals surface area (Å²) in [6, 6.07) is 20.0. The Kier molecular flexibility index (Phi) is 5.87. The number of aromatic hydroxyl groups is 1. The average Bonchev–Trinajstić information content (AvgIpc) is 3.47. The number of carbonyl (C=O) groups is 2. The number of benzene rings is 3. The number of aliphatic hydroxyl groups excluding tert-OH is 1. The maximum Gasteiger partial charge on any atom is 0.300 e. The van der Waals surface area contributed by atoms with Crippen LogP contribution in [0.5, 0.6) is 5.75 Å². The van der Waals surface area contributed by atoms with Gasteiger partial charge in [-0.1, -0.05) is 40.2 Å². The van der Waals surface area contributed by atoms with Crippen LogP contribution in [0.25, 0.3) is 5.76 Å². The quantitative estimate of drug-likeness (QED) is 0.275. The Morgan fingerprint density at radius 1 is 0.882 bits per heavy atom. The van der Waals surface area contributed by atoms with Gasteiger partial charge >= 0.3 is 0 Å².